The number of nitrogens with zero attached hydrogens (tertiary/aromatic N) is 6. The number of halogens is 3. The molecule has 18 heteroatoms. The number of nitrogens with one attached hydrogen (secondary N) is 3. The molecule has 3 aromatic carbocycles. The highest BCUT2D eigenvalue weighted by molar-refractivity contribution is 7.90. The molecule has 0 radical (unpaired) electrons. The summed E-state index contributed by atoms with van der Waals surface area (Å²) in [6, 6.07) is 17.3. The van der Waals surface area contributed by atoms with Crippen molar-refractivity contribution >= 4 is 56.0 Å². The minimum atomic E-state index is -4.23. The van der Waals surface area contributed by atoms with Crippen molar-refractivity contribution in [2.75, 3.05) is 73.9 Å². The minimum Gasteiger partial charge on any atom is -0.373 e. The summed E-state index contributed by atoms with van der Waals surface area (Å²) in [4.78, 5) is 53.4. The van der Waals surface area contributed by atoms with E-state index in [1.165, 1.54) is 0 Å². The number of piperazine rings is 1. The number of hydrogen-bond donors (Lipinski definition) is 3. The topological polar surface area (TPSA) is 154 Å². The third-order valence-electron chi connectivity index (χ3n) is 12.5. The van der Waals surface area contributed by atoms with Crippen LogP contribution in [0.5, 0.6) is 0 Å². The Kier molecular flexibility index (Phi) is 11.2. The molecule has 4 aliphatic heterocycles. The number of likely N-dealkylation sites (N-methyl/N-ethyl adjacent to an activating group) is 1. The highest BCUT2D eigenvalue weighted by Gasteiger charge is 2.39. The molecule has 6 heterocycles. The van der Waals surface area contributed by atoms with E-state index >= 15 is 8.78 Å². The van der Waals surface area contributed by atoms with Gasteiger partial charge in [0.15, 0.2) is 5.82 Å². The van der Waals surface area contributed by atoms with Gasteiger partial charge >= 0.3 is 10.2 Å². The zero-order chi connectivity index (χ0) is 43.3. The van der Waals surface area contributed by atoms with Gasteiger partial charge in [0.2, 0.25) is 11.8 Å². The number of imide groups is 1. The van der Waals surface area contributed by atoms with Crippen molar-refractivity contribution in [3.8, 4) is 11.1 Å². The number of rotatable bonds is 12. The summed E-state index contributed by atoms with van der Waals surface area (Å²) >= 11 is 0. The molecule has 2 aromatic heterocycles. The van der Waals surface area contributed by atoms with Gasteiger partial charge in [0, 0.05) is 125 Å². The molecule has 0 spiro atoms. The number of hydrogen-bond acceptors (Lipinski definition) is 9. The molecule has 62 heavy (non-hydrogen) atoms. The third-order valence-corrected chi connectivity index (χ3v) is 14.0. The van der Waals surface area contributed by atoms with Crippen LogP contribution >= 0.6 is 0 Å². The van der Waals surface area contributed by atoms with E-state index in [1.54, 1.807) is 17.3 Å². The van der Waals surface area contributed by atoms with Crippen LogP contribution in [-0.2, 0) is 32.8 Å². The zero-order valence-electron chi connectivity index (χ0n) is 34.0. The van der Waals surface area contributed by atoms with E-state index in [9.17, 15) is 27.2 Å². The largest absolute Gasteiger partial charge is 0.373 e. The van der Waals surface area contributed by atoms with E-state index in [1.807, 2.05) is 42.5 Å². The summed E-state index contributed by atoms with van der Waals surface area (Å²) in [6.45, 7) is 5.12. The smallest absolute Gasteiger partial charge is 0.301 e. The van der Waals surface area contributed by atoms with Crippen molar-refractivity contribution in [3.05, 3.63) is 107 Å². The summed E-state index contributed by atoms with van der Waals surface area (Å²) in [7, 11) is -2.18. The molecule has 0 saturated carbocycles. The summed E-state index contributed by atoms with van der Waals surface area (Å²) in [6.07, 6.45) is 2.52. The van der Waals surface area contributed by atoms with Gasteiger partial charge in [-0.1, -0.05) is 12.1 Å². The van der Waals surface area contributed by atoms with E-state index < -0.39 is 45.7 Å². The number of carbonyl (C=O) groups is 3. The van der Waals surface area contributed by atoms with Gasteiger partial charge in [0.05, 0.1) is 5.69 Å². The Morgan fingerprint density at radius 2 is 1.73 bits per heavy atom. The molecule has 2 atom stereocenters. The zero-order valence-corrected chi connectivity index (χ0v) is 34.9. The fourth-order valence-electron chi connectivity index (χ4n) is 8.82. The summed E-state index contributed by atoms with van der Waals surface area (Å²) < 4.78 is 73.1. The van der Waals surface area contributed by atoms with Gasteiger partial charge in [-0.25, -0.2) is 18.2 Å². The Labute approximate surface area is 356 Å². The van der Waals surface area contributed by atoms with Gasteiger partial charge < -0.3 is 19.7 Å². The molecule has 0 aliphatic carbocycles. The lowest BCUT2D eigenvalue weighted by Crippen LogP contribution is -2.52. The van der Waals surface area contributed by atoms with Crippen molar-refractivity contribution in [1.82, 2.24) is 29.4 Å². The molecular weight excluding hydrogens is 824 g/mol. The van der Waals surface area contributed by atoms with Crippen LogP contribution in [0.2, 0.25) is 0 Å². The highest BCUT2D eigenvalue weighted by atomic mass is 32.2. The molecule has 3 amide bonds. The normalized spacial score (nSPS) is 20.0. The lowest BCUT2D eigenvalue weighted by Gasteiger charge is -2.37. The first kappa shape index (κ1) is 41.4. The molecule has 3 N–H and O–H groups in total. The fraction of sp³-hybridized carbons (Fsp3) is 0.364. The van der Waals surface area contributed by atoms with Crippen LogP contribution in [0.3, 0.4) is 0 Å². The average molecular weight is 870 g/mol. The van der Waals surface area contributed by atoms with Crippen molar-refractivity contribution in [2.45, 2.75) is 44.4 Å². The quantitative estimate of drug-likeness (QED) is 0.150. The van der Waals surface area contributed by atoms with E-state index in [4.69, 9.17) is 0 Å². The van der Waals surface area contributed by atoms with Gasteiger partial charge in [-0.3, -0.25) is 29.3 Å². The standard InChI is InChI=1S/C44H46F3N9O5S/c1-52(14-15-53-16-18-54(19-17-53)33-6-7-34-30(20-33)25-56(44(34)59)39-10-11-40(57)50-43(39)58)32-4-2-27(3-5-32)28-21-35-29(24-49-42(35)48-23-28)22-36-37(46)8-9-38(41(36)47)51-62(60,61)55-13-12-31(45)26-55/h2-9,20-21,23-24,31,39,51H,10-19,22,25-26H2,1H3,(H,48,49)(H,50,57,58)/t31-,39?/m1/s1. The molecule has 3 fully saturated rings. The maximum Gasteiger partial charge on any atom is 0.301 e. The van der Waals surface area contributed by atoms with Gasteiger partial charge in [0.25, 0.3) is 5.91 Å². The molecule has 324 valence electrons. The van der Waals surface area contributed by atoms with Gasteiger partial charge in [-0.15, -0.1) is 0 Å². The number of piperidine rings is 1. The second kappa shape index (κ2) is 16.7. The Hall–Kier alpha value is -5.98. The summed E-state index contributed by atoms with van der Waals surface area (Å²) in [5.41, 5.74) is 5.70. The van der Waals surface area contributed by atoms with E-state index in [-0.39, 0.29) is 49.7 Å². The van der Waals surface area contributed by atoms with Crippen molar-refractivity contribution in [3.63, 3.8) is 0 Å². The number of aromatic nitrogens is 2. The molecule has 1 unspecified atom stereocenters. The van der Waals surface area contributed by atoms with Crippen molar-refractivity contribution in [1.29, 1.82) is 0 Å². The Balaban J connectivity index is 0.792. The van der Waals surface area contributed by atoms with Crippen LogP contribution in [0.1, 0.15) is 46.3 Å². The van der Waals surface area contributed by atoms with E-state index in [2.05, 4.69) is 47.8 Å². The molecule has 9 rings (SSSR count). The molecular formula is C44H46F3N9O5S. The molecule has 3 saturated heterocycles. The molecule has 5 aromatic rings. The van der Waals surface area contributed by atoms with Crippen LogP contribution in [0.15, 0.2) is 73.1 Å². The number of benzene rings is 3. The maximum absolute atomic E-state index is 15.7. The number of H-pyrrole nitrogens is 1. The lowest BCUT2D eigenvalue weighted by molar-refractivity contribution is -0.136. The number of alkyl halides is 1. The Morgan fingerprint density at radius 3 is 2.47 bits per heavy atom. The Morgan fingerprint density at radius 1 is 0.935 bits per heavy atom. The number of fused-ring (bicyclic) bond motifs is 2. The first-order valence-corrected chi connectivity index (χ1v) is 22.2. The molecule has 14 nitrogen and oxygen atoms in total. The number of aromatic amines is 1. The number of pyridine rings is 1. The predicted molar refractivity (Wildman–Crippen MR) is 229 cm³/mol. The number of carbonyl (C=O) groups excluding carboxylic acids is 3. The molecule has 4 aliphatic rings. The van der Waals surface area contributed by atoms with Crippen molar-refractivity contribution < 1.29 is 36.0 Å². The number of anilines is 3. The van der Waals surface area contributed by atoms with E-state index in [0.717, 1.165) is 83.8 Å². The van der Waals surface area contributed by atoms with Crippen LogP contribution in [0.4, 0.5) is 30.2 Å². The summed E-state index contributed by atoms with van der Waals surface area (Å²) in [5, 5.41) is 3.02. The van der Waals surface area contributed by atoms with Crippen LogP contribution in [0, 0.1) is 11.6 Å². The van der Waals surface area contributed by atoms with Crippen LogP contribution in [0.25, 0.3) is 22.2 Å². The third kappa shape index (κ3) is 8.21. The first-order chi connectivity index (χ1) is 29.8. The fourth-order valence-corrected chi connectivity index (χ4v) is 10.1. The minimum absolute atomic E-state index is 0.0284. The predicted octanol–water partition coefficient (Wildman–Crippen LogP) is 4.82. The molecule has 0 bridgehead atoms. The second-order valence-corrected chi connectivity index (χ2v) is 18.1. The SMILES string of the molecule is CN(CCN1CCN(c2ccc3c(c2)CN(C2CCC(=O)NC2=O)C3=O)CC1)c1ccc(-c2cnc3[nH]cc(Cc4c(F)ccc(NS(=O)(=O)N5CC[C@@H](F)C5)c4F)c3c2)cc1. The van der Waals surface area contributed by atoms with Gasteiger partial charge in [-0.05, 0) is 78.1 Å². The first-order valence-electron chi connectivity index (χ1n) is 20.7. The summed E-state index contributed by atoms with van der Waals surface area (Å²) in [5.74, 6) is -2.75. The van der Waals surface area contributed by atoms with Crippen LogP contribution in [-0.4, -0.2) is 122 Å². The Bertz CT molecular complexity index is 2670. The van der Waals surface area contributed by atoms with Crippen molar-refractivity contribution in [2.24, 2.45) is 0 Å². The van der Waals surface area contributed by atoms with E-state index in [0.29, 0.717) is 35.1 Å². The average Bonchev–Trinajstić information content (AvgIpc) is 3.99. The number of amides is 3. The van der Waals surface area contributed by atoms with Gasteiger partial charge in [0.1, 0.15) is 23.7 Å². The van der Waals surface area contributed by atoms with Crippen LogP contribution < -0.4 is 19.8 Å². The highest BCUT2D eigenvalue weighted by Crippen LogP contribution is 2.33. The van der Waals surface area contributed by atoms with Gasteiger partial charge in [-0.2, -0.15) is 12.7 Å². The lowest BCUT2D eigenvalue weighted by atomic mass is 10.0. The second-order valence-electron chi connectivity index (χ2n) is 16.4. The maximum atomic E-state index is 15.7. The monoisotopic (exact) mass is 869 g/mol.